The number of rotatable bonds is 11. The average molecular weight is 419 g/mol. The third-order valence-electron chi connectivity index (χ3n) is 5.36. The number of imidazole rings is 1. The van der Waals surface area contributed by atoms with E-state index in [0.29, 0.717) is 24.3 Å². The lowest BCUT2D eigenvalue weighted by atomic mass is 10.1. The Labute approximate surface area is 184 Å². The number of anilines is 1. The number of hydrogen-bond donors (Lipinski definition) is 1. The molecule has 0 radical (unpaired) electrons. The van der Waals surface area contributed by atoms with Crippen LogP contribution in [0.3, 0.4) is 0 Å². The molecule has 0 bridgehead atoms. The fourth-order valence-corrected chi connectivity index (χ4v) is 3.58. The van der Waals surface area contributed by atoms with Gasteiger partial charge in [0.2, 0.25) is 0 Å². The van der Waals surface area contributed by atoms with Crippen LogP contribution >= 0.6 is 0 Å². The lowest BCUT2D eigenvalue weighted by Gasteiger charge is -2.24. The molecule has 0 aliphatic rings. The maximum absolute atomic E-state index is 14.4. The van der Waals surface area contributed by atoms with Crippen molar-refractivity contribution in [2.45, 2.75) is 32.7 Å². The van der Waals surface area contributed by atoms with Gasteiger partial charge >= 0.3 is 0 Å². The molecule has 0 aliphatic carbocycles. The molecule has 1 aromatic heterocycles. The van der Waals surface area contributed by atoms with Gasteiger partial charge in [0.15, 0.2) is 5.82 Å². The van der Waals surface area contributed by atoms with Gasteiger partial charge in [0.05, 0.1) is 5.70 Å². The molecule has 3 aromatic rings. The number of nitrogens with zero attached hydrogens (tertiary/aromatic N) is 3. The first kappa shape index (κ1) is 22.3. The summed E-state index contributed by atoms with van der Waals surface area (Å²) in [5.41, 5.74) is 3.53. The van der Waals surface area contributed by atoms with Crippen molar-refractivity contribution in [2.24, 2.45) is 0 Å². The van der Waals surface area contributed by atoms with Crippen molar-refractivity contribution < 1.29 is 4.39 Å². The van der Waals surface area contributed by atoms with Crippen LogP contribution in [0, 0.1) is 5.82 Å². The van der Waals surface area contributed by atoms with Gasteiger partial charge in [-0.15, -0.1) is 0 Å². The number of hydrogen-bond acceptors (Lipinski definition) is 3. The zero-order chi connectivity index (χ0) is 22.2. The molecule has 0 saturated heterocycles. The summed E-state index contributed by atoms with van der Waals surface area (Å²) < 4.78 is 16.6. The van der Waals surface area contributed by atoms with Crippen molar-refractivity contribution in [3.05, 3.63) is 102 Å². The van der Waals surface area contributed by atoms with Gasteiger partial charge in [-0.1, -0.05) is 75.0 Å². The van der Waals surface area contributed by atoms with Crippen LogP contribution in [0.4, 0.5) is 10.2 Å². The molecule has 4 nitrogen and oxygen atoms in total. The number of benzene rings is 2. The second kappa shape index (κ2) is 10.6. The van der Waals surface area contributed by atoms with Crippen LogP contribution < -0.4 is 5.32 Å². The van der Waals surface area contributed by atoms with Gasteiger partial charge in [-0.05, 0) is 29.8 Å². The van der Waals surface area contributed by atoms with Crippen molar-refractivity contribution in [3.8, 4) is 0 Å². The SMILES string of the molecule is C=CNc1nc(Cc2ccccc2F)n(Cc2ccccc2)c1C(=C)N(C)CCCC. The Hall–Kier alpha value is -3.34. The monoisotopic (exact) mass is 418 g/mol. The van der Waals surface area contributed by atoms with Crippen molar-refractivity contribution in [1.82, 2.24) is 14.5 Å². The van der Waals surface area contributed by atoms with E-state index >= 15 is 0 Å². The lowest BCUT2D eigenvalue weighted by Crippen LogP contribution is -2.21. The van der Waals surface area contributed by atoms with Crippen molar-refractivity contribution in [2.75, 3.05) is 18.9 Å². The maximum Gasteiger partial charge on any atom is 0.158 e. The van der Waals surface area contributed by atoms with Crippen LogP contribution in [0.1, 0.15) is 42.4 Å². The van der Waals surface area contributed by atoms with E-state index < -0.39 is 0 Å². The smallest absolute Gasteiger partial charge is 0.158 e. The lowest BCUT2D eigenvalue weighted by molar-refractivity contribution is 0.459. The van der Waals surface area contributed by atoms with Crippen LogP contribution in [0.15, 0.2) is 74.0 Å². The van der Waals surface area contributed by atoms with Gasteiger partial charge in [-0.25, -0.2) is 9.37 Å². The molecule has 0 aliphatic heterocycles. The first-order valence-electron chi connectivity index (χ1n) is 10.7. The normalized spacial score (nSPS) is 10.7. The summed E-state index contributed by atoms with van der Waals surface area (Å²) in [6, 6.07) is 17.1. The summed E-state index contributed by atoms with van der Waals surface area (Å²) in [6.45, 7) is 11.9. The second-order valence-electron chi connectivity index (χ2n) is 7.64. The summed E-state index contributed by atoms with van der Waals surface area (Å²) in [6.07, 6.45) is 4.19. The highest BCUT2D eigenvalue weighted by atomic mass is 19.1. The zero-order valence-electron chi connectivity index (χ0n) is 18.4. The van der Waals surface area contributed by atoms with E-state index in [-0.39, 0.29) is 5.82 Å². The number of aromatic nitrogens is 2. The Kier molecular flexibility index (Phi) is 7.65. The van der Waals surface area contributed by atoms with Crippen LogP contribution in [0.5, 0.6) is 0 Å². The van der Waals surface area contributed by atoms with Gasteiger partial charge < -0.3 is 14.8 Å². The highest BCUT2D eigenvalue weighted by Gasteiger charge is 2.22. The van der Waals surface area contributed by atoms with E-state index in [1.165, 1.54) is 6.07 Å². The molecule has 0 atom stereocenters. The van der Waals surface area contributed by atoms with E-state index in [4.69, 9.17) is 4.98 Å². The maximum atomic E-state index is 14.4. The molecule has 0 fully saturated rings. The molecule has 3 rings (SSSR count). The summed E-state index contributed by atoms with van der Waals surface area (Å²) in [5, 5.41) is 3.17. The van der Waals surface area contributed by atoms with Crippen molar-refractivity contribution in [3.63, 3.8) is 0 Å². The third kappa shape index (κ3) is 5.43. The highest BCUT2D eigenvalue weighted by Crippen LogP contribution is 2.29. The number of nitrogens with one attached hydrogen (secondary N) is 1. The van der Waals surface area contributed by atoms with E-state index in [1.54, 1.807) is 18.3 Å². The molecular weight excluding hydrogens is 387 g/mol. The summed E-state index contributed by atoms with van der Waals surface area (Å²) in [7, 11) is 2.05. The van der Waals surface area contributed by atoms with Gasteiger partial charge in [-0.2, -0.15) is 0 Å². The topological polar surface area (TPSA) is 33.1 Å². The van der Waals surface area contributed by atoms with Crippen LogP contribution in [-0.2, 0) is 13.0 Å². The van der Waals surface area contributed by atoms with Crippen LogP contribution in [0.25, 0.3) is 5.70 Å². The minimum absolute atomic E-state index is 0.226. The Morgan fingerprint density at radius 3 is 2.55 bits per heavy atom. The molecule has 31 heavy (non-hydrogen) atoms. The fourth-order valence-electron chi connectivity index (χ4n) is 3.58. The predicted molar refractivity (Wildman–Crippen MR) is 127 cm³/mol. The highest BCUT2D eigenvalue weighted by molar-refractivity contribution is 5.70. The minimum atomic E-state index is -0.226. The molecule has 2 aromatic carbocycles. The van der Waals surface area contributed by atoms with Gasteiger partial charge in [0.1, 0.15) is 17.3 Å². The molecule has 162 valence electrons. The van der Waals surface area contributed by atoms with Gasteiger partial charge in [-0.3, -0.25) is 0 Å². The van der Waals surface area contributed by atoms with Crippen LogP contribution in [-0.4, -0.2) is 28.0 Å². The molecule has 0 unspecified atom stereocenters. The predicted octanol–water partition coefficient (Wildman–Crippen LogP) is 5.92. The molecule has 1 heterocycles. The average Bonchev–Trinajstić information content (AvgIpc) is 3.10. The number of unbranched alkanes of at least 4 members (excludes halogenated alkanes) is 1. The van der Waals surface area contributed by atoms with Crippen LogP contribution in [0.2, 0.25) is 0 Å². The van der Waals surface area contributed by atoms with Gasteiger partial charge in [0, 0.05) is 26.6 Å². The Balaban J connectivity index is 2.09. The fraction of sp³-hybridized carbons (Fsp3) is 0.269. The van der Waals surface area contributed by atoms with Crippen molar-refractivity contribution >= 4 is 11.5 Å². The zero-order valence-corrected chi connectivity index (χ0v) is 18.4. The standard InChI is InChI=1S/C26H31FN4/c1-5-7-17-30(4)20(3)25-26(28-6-2)29-24(18-22-15-11-12-16-23(22)27)31(25)19-21-13-9-8-10-14-21/h6,8-16,28H,2-3,5,7,17-19H2,1,4H3. The summed E-state index contributed by atoms with van der Waals surface area (Å²) >= 11 is 0. The molecular formula is C26H31FN4. The first-order valence-corrected chi connectivity index (χ1v) is 10.7. The van der Waals surface area contributed by atoms with Crippen molar-refractivity contribution in [1.29, 1.82) is 0 Å². The Bertz CT molecular complexity index is 1020. The van der Waals surface area contributed by atoms with E-state index in [2.05, 4.69) is 47.0 Å². The molecule has 5 heteroatoms. The second-order valence-corrected chi connectivity index (χ2v) is 7.64. The molecule has 0 spiro atoms. The van der Waals surface area contributed by atoms with E-state index in [9.17, 15) is 4.39 Å². The molecule has 0 amide bonds. The summed E-state index contributed by atoms with van der Waals surface area (Å²) in [4.78, 5) is 7.00. The largest absolute Gasteiger partial charge is 0.373 e. The summed E-state index contributed by atoms with van der Waals surface area (Å²) in [5.74, 6) is 1.24. The quantitative estimate of drug-likeness (QED) is 0.420. The Morgan fingerprint density at radius 2 is 1.87 bits per heavy atom. The number of halogens is 1. The van der Waals surface area contributed by atoms with E-state index in [1.807, 2.05) is 31.3 Å². The first-order chi connectivity index (χ1) is 15.0. The Morgan fingerprint density at radius 1 is 1.16 bits per heavy atom. The third-order valence-corrected chi connectivity index (χ3v) is 5.36. The van der Waals surface area contributed by atoms with E-state index in [0.717, 1.165) is 42.2 Å². The molecule has 1 N–H and O–H groups in total. The molecule has 0 saturated carbocycles. The minimum Gasteiger partial charge on any atom is -0.373 e. The van der Waals surface area contributed by atoms with Gasteiger partial charge in [0.25, 0.3) is 0 Å².